The Labute approximate surface area is 81.1 Å². The van der Waals surface area contributed by atoms with Crippen LogP contribution in [0.2, 0.25) is 5.02 Å². The fourth-order valence-electron chi connectivity index (χ4n) is 1.13. The lowest BCUT2D eigenvalue weighted by molar-refractivity contribution is 0.422. The molecular weight excluding hydrogens is 186 g/mol. The van der Waals surface area contributed by atoms with Crippen molar-refractivity contribution in [2.24, 2.45) is 0 Å². The number of hydrogen-bond donors (Lipinski definition) is 0. The Hall–Kier alpha value is -1.28. The molecule has 0 saturated heterocycles. The Morgan fingerprint density at radius 2 is 1.92 bits per heavy atom. The Kier molecular flexibility index (Phi) is 2.07. The van der Waals surface area contributed by atoms with E-state index in [9.17, 15) is 0 Å². The smallest absolute Gasteiger partial charge is 0.143 e. The van der Waals surface area contributed by atoms with Crippen LogP contribution in [0.3, 0.4) is 0 Å². The number of rotatable bonds is 1. The SMILES string of the molecule is Cc1ccc(-c2nocc2Cl)cc1. The third-order valence-corrected chi connectivity index (χ3v) is 2.12. The second kappa shape index (κ2) is 3.23. The van der Waals surface area contributed by atoms with E-state index in [1.807, 2.05) is 31.2 Å². The molecule has 0 radical (unpaired) electrons. The van der Waals surface area contributed by atoms with E-state index in [0.29, 0.717) is 10.7 Å². The number of aromatic nitrogens is 1. The van der Waals surface area contributed by atoms with Crippen molar-refractivity contribution in [1.29, 1.82) is 0 Å². The van der Waals surface area contributed by atoms with Gasteiger partial charge >= 0.3 is 0 Å². The zero-order valence-corrected chi connectivity index (χ0v) is 7.88. The minimum absolute atomic E-state index is 0.545. The van der Waals surface area contributed by atoms with Gasteiger partial charge in [0, 0.05) is 5.56 Å². The Bertz CT molecular complexity index is 405. The molecule has 0 aliphatic heterocycles. The van der Waals surface area contributed by atoms with Gasteiger partial charge in [-0.25, -0.2) is 0 Å². The van der Waals surface area contributed by atoms with Crippen molar-refractivity contribution in [1.82, 2.24) is 5.16 Å². The molecule has 0 N–H and O–H groups in total. The largest absolute Gasteiger partial charge is 0.363 e. The maximum Gasteiger partial charge on any atom is 0.143 e. The summed E-state index contributed by atoms with van der Waals surface area (Å²) in [5.41, 5.74) is 2.88. The maximum absolute atomic E-state index is 5.86. The number of aryl methyl sites for hydroxylation is 1. The molecule has 13 heavy (non-hydrogen) atoms. The van der Waals surface area contributed by atoms with E-state index in [4.69, 9.17) is 16.1 Å². The molecule has 0 saturated carbocycles. The van der Waals surface area contributed by atoms with Crippen LogP contribution in [0, 0.1) is 6.92 Å². The fourth-order valence-corrected chi connectivity index (χ4v) is 1.31. The standard InChI is InChI=1S/C10H8ClNO/c1-7-2-4-8(5-3-7)10-9(11)6-13-12-10/h2-6H,1H3. The van der Waals surface area contributed by atoms with Crippen molar-refractivity contribution in [3.05, 3.63) is 41.1 Å². The number of nitrogens with zero attached hydrogens (tertiary/aromatic N) is 1. The van der Waals surface area contributed by atoms with Crippen molar-refractivity contribution in [2.45, 2.75) is 6.92 Å². The fraction of sp³-hybridized carbons (Fsp3) is 0.100. The number of hydrogen-bond acceptors (Lipinski definition) is 2. The molecular formula is C10H8ClNO. The van der Waals surface area contributed by atoms with Gasteiger partial charge in [0.25, 0.3) is 0 Å². The highest BCUT2D eigenvalue weighted by molar-refractivity contribution is 6.32. The molecule has 0 unspecified atom stereocenters. The average molecular weight is 194 g/mol. The zero-order valence-electron chi connectivity index (χ0n) is 7.12. The molecule has 0 bridgehead atoms. The molecule has 0 aliphatic carbocycles. The van der Waals surface area contributed by atoms with Crippen LogP contribution < -0.4 is 0 Å². The van der Waals surface area contributed by atoms with Gasteiger partial charge in [-0.05, 0) is 6.92 Å². The molecule has 1 heterocycles. The van der Waals surface area contributed by atoms with Crippen LogP contribution in [-0.2, 0) is 0 Å². The van der Waals surface area contributed by atoms with E-state index >= 15 is 0 Å². The Morgan fingerprint density at radius 1 is 1.23 bits per heavy atom. The van der Waals surface area contributed by atoms with Crippen LogP contribution in [0.5, 0.6) is 0 Å². The van der Waals surface area contributed by atoms with E-state index in [2.05, 4.69) is 5.16 Å². The minimum Gasteiger partial charge on any atom is -0.363 e. The molecule has 66 valence electrons. The molecule has 0 atom stereocenters. The summed E-state index contributed by atoms with van der Waals surface area (Å²) in [5, 5.41) is 4.35. The number of benzene rings is 1. The maximum atomic E-state index is 5.86. The van der Waals surface area contributed by atoms with E-state index < -0.39 is 0 Å². The molecule has 0 aliphatic rings. The normalized spacial score (nSPS) is 10.3. The van der Waals surface area contributed by atoms with Crippen LogP contribution in [0.4, 0.5) is 0 Å². The second-order valence-corrected chi connectivity index (χ2v) is 3.28. The van der Waals surface area contributed by atoms with Crippen molar-refractivity contribution in [3.63, 3.8) is 0 Å². The summed E-state index contributed by atoms with van der Waals surface area (Å²) in [5.74, 6) is 0. The zero-order chi connectivity index (χ0) is 9.26. The Morgan fingerprint density at radius 3 is 2.46 bits per heavy atom. The highest BCUT2D eigenvalue weighted by atomic mass is 35.5. The molecule has 2 aromatic rings. The van der Waals surface area contributed by atoms with Gasteiger partial charge in [0.2, 0.25) is 0 Å². The van der Waals surface area contributed by atoms with Crippen molar-refractivity contribution >= 4 is 11.6 Å². The molecule has 0 spiro atoms. The first-order valence-electron chi connectivity index (χ1n) is 3.94. The van der Waals surface area contributed by atoms with Gasteiger partial charge in [-0.2, -0.15) is 0 Å². The molecule has 1 aromatic carbocycles. The van der Waals surface area contributed by atoms with Crippen LogP contribution in [0.15, 0.2) is 35.1 Å². The number of halogens is 1. The van der Waals surface area contributed by atoms with Crippen LogP contribution >= 0.6 is 11.6 Å². The first-order valence-corrected chi connectivity index (χ1v) is 4.32. The molecule has 0 fully saturated rings. The van der Waals surface area contributed by atoms with E-state index in [1.54, 1.807) is 0 Å². The van der Waals surface area contributed by atoms with Gasteiger partial charge < -0.3 is 4.52 Å². The molecule has 2 rings (SSSR count). The molecule has 1 aromatic heterocycles. The molecule has 3 heteroatoms. The first-order chi connectivity index (χ1) is 6.27. The summed E-state index contributed by atoms with van der Waals surface area (Å²) < 4.78 is 4.75. The third kappa shape index (κ3) is 1.58. The van der Waals surface area contributed by atoms with Crippen molar-refractivity contribution < 1.29 is 4.52 Å². The topological polar surface area (TPSA) is 26.0 Å². The second-order valence-electron chi connectivity index (χ2n) is 2.88. The minimum atomic E-state index is 0.545. The lowest BCUT2D eigenvalue weighted by atomic mass is 10.1. The van der Waals surface area contributed by atoms with Gasteiger partial charge in [-0.1, -0.05) is 46.6 Å². The van der Waals surface area contributed by atoms with Gasteiger partial charge in [-0.3, -0.25) is 0 Å². The summed E-state index contributed by atoms with van der Waals surface area (Å²) >= 11 is 5.86. The monoisotopic (exact) mass is 193 g/mol. The summed E-state index contributed by atoms with van der Waals surface area (Å²) in [6, 6.07) is 7.97. The average Bonchev–Trinajstić information content (AvgIpc) is 2.53. The van der Waals surface area contributed by atoms with Crippen molar-refractivity contribution in [3.8, 4) is 11.3 Å². The predicted molar refractivity (Wildman–Crippen MR) is 51.7 cm³/mol. The van der Waals surface area contributed by atoms with Gasteiger partial charge in [0.1, 0.15) is 17.0 Å². The summed E-state index contributed by atoms with van der Waals surface area (Å²) in [7, 11) is 0. The van der Waals surface area contributed by atoms with Crippen molar-refractivity contribution in [2.75, 3.05) is 0 Å². The molecule has 0 amide bonds. The summed E-state index contributed by atoms with van der Waals surface area (Å²) in [6.45, 7) is 2.04. The quantitative estimate of drug-likeness (QED) is 0.695. The predicted octanol–water partition coefficient (Wildman–Crippen LogP) is 3.30. The van der Waals surface area contributed by atoms with Crippen LogP contribution in [0.1, 0.15) is 5.56 Å². The molecule has 2 nitrogen and oxygen atoms in total. The van der Waals surface area contributed by atoms with Crippen LogP contribution in [0.25, 0.3) is 11.3 Å². The summed E-state index contributed by atoms with van der Waals surface area (Å²) in [4.78, 5) is 0. The van der Waals surface area contributed by atoms with E-state index in [-0.39, 0.29) is 0 Å². The lowest BCUT2D eigenvalue weighted by Gasteiger charge is -1.96. The van der Waals surface area contributed by atoms with E-state index in [0.717, 1.165) is 5.56 Å². The highest BCUT2D eigenvalue weighted by Crippen LogP contribution is 2.25. The Balaban J connectivity index is 2.47. The van der Waals surface area contributed by atoms with Crippen LogP contribution in [-0.4, -0.2) is 5.16 Å². The first kappa shape index (κ1) is 8.32. The van der Waals surface area contributed by atoms with Gasteiger partial charge in [-0.15, -0.1) is 0 Å². The lowest BCUT2D eigenvalue weighted by Crippen LogP contribution is -1.78. The highest BCUT2D eigenvalue weighted by Gasteiger charge is 2.06. The van der Waals surface area contributed by atoms with E-state index in [1.165, 1.54) is 11.8 Å². The van der Waals surface area contributed by atoms with Gasteiger partial charge in [0.05, 0.1) is 0 Å². The van der Waals surface area contributed by atoms with Gasteiger partial charge in [0.15, 0.2) is 0 Å². The third-order valence-electron chi connectivity index (χ3n) is 1.85. The summed E-state index contributed by atoms with van der Waals surface area (Å²) in [6.07, 6.45) is 1.43.